The van der Waals surface area contributed by atoms with E-state index in [0.29, 0.717) is 0 Å². The fraction of sp³-hybridized carbons (Fsp3) is 0.364. The third kappa shape index (κ3) is 2.71. The molecular weight excluding hydrogens is 304 g/mol. The van der Waals surface area contributed by atoms with Crippen LogP contribution in [-0.2, 0) is 6.42 Å². The second kappa shape index (κ2) is 5.40. The molecule has 2 rings (SSSR count). The van der Waals surface area contributed by atoms with Crippen LogP contribution >= 0.6 is 38.6 Å². The fourth-order valence-corrected chi connectivity index (χ4v) is 4.00. The zero-order valence-corrected chi connectivity index (χ0v) is 12.2. The third-order valence-corrected chi connectivity index (χ3v) is 5.29. The van der Waals surface area contributed by atoms with Crippen molar-refractivity contribution in [3.8, 4) is 9.88 Å². The second-order valence-electron chi connectivity index (χ2n) is 3.52. The van der Waals surface area contributed by atoms with Crippen LogP contribution in [0.15, 0.2) is 15.9 Å². The highest BCUT2D eigenvalue weighted by molar-refractivity contribution is 9.11. The van der Waals surface area contributed by atoms with Crippen molar-refractivity contribution in [2.75, 3.05) is 6.54 Å². The summed E-state index contributed by atoms with van der Waals surface area (Å²) in [6.45, 7) is 2.83. The normalized spacial score (nSPS) is 10.9. The quantitative estimate of drug-likeness (QED) is 0.931. The Kier molecular flexibility index (Phi) is 4.13. The number of hydrogen-bond acceptors (Lipinski definition) is 4. The second-order valence-corrected chi connectivity index (χ2v) is 7.07. The van der Waals surface area contributed by atoms with E-state index in [2.05, 4.69) is 40.0 Å². The van der Waals surface area contributed by atoms with Crippen molar-refractivity contribution < 1.29 is 0 Å². The number of aromatic nitrogens is 1. The van der Waals surface area contributed by atoms with Crippen molar-refractivity contribution >= 4 is 38.6 Å². The minimum absolute atomic E-state index is 0.747. The molecule has 0 radical (unpaired) electrons. The number of thiophene rings is 1. The van der Waals surface area contributed by atoms with E-state index in [1.165, 1.54) is 9.75 Å². The van der Waals surface area contributed by atoms with Crippen LogP contribution in [0.5, 0.6) is 0 Å². The monoisotopic (exact) mass is 316 g/mol. The smallest absolute Gasteiger partial charge is 0.133 e. The lowest BCUT2D eigenvalue weighted by atomic mass is 10.2. The zero-order chi connectivity index (χ0) is 11.5. The van der Waals surface area contributed by atoms with Gasteiger partial charge in [0, 0.05) is 4.88 Å². The average molecular weight is 317 g/mol. The molecule has 0 atom stereocenters. The highest BCUT2D eigenvalue weighted by Gasteiger charge is 2.10. The van der Waals surface area contributed by atoms with Gasteiger partial charge in [-0.3, -0.25) is 0 Å². The van der Waals surface area contributed by atoms with Crippen LogP contribution in [0, 0.1) is 6.92 Å². The molecule has 0 aromatic carbocycles. The van der Waals surface area contributed by atoms with Gasteiger partial charge in [-0.25, -0.2) is 4.98 Å². The van der Waals surface area contributed by atoms with Crippen molar-refractivity contribution in [1.29, 1.82) is 0 Å². The van der Waals surface area contributed by atoms with Gasteiger partial charge in [-0.15, -0.1) is 22.7 Å². The van der Waals surface area contributed by atoms with E-state index in [0.717, 1.165) is 33.9 Å². The minimum Gasteiger partial charge on any atom is -0.330 e. The highest BCUT2D eigenvalue weighted by Crippen LogP contribution is 2.35. The molecule has 0 saturated heterocycles. The third-order valence-electron chi connectivity index (χ3n) is 2.28. The number of aryl methyl sites for hydroxylation is 2. The van der Waals surface area contributed by atoms with E-state index >= 15 is 0 Å². The van der Waals surface area contributed by atoms with Crippen molar-refractivity contribution in [3.63, 3.8) is 0 Å². The molecule has 2 N–H and O–H groups in total. The van der Waals surface area contributed by atoms with Crippen LogP contribution in [0.2, 0.25) is 0 Å². The molecule has 5 heteroatoms. The molecule has 0 saturated carbocycles. The lowest BCUT2D eigenvalue weighted by molar-refractivity contribution is 0.836. The summed E-state index contributed by atoms with van der Waals surface area (Å²) >= 11 is 6.99. The van der Waals surface area contributed by atoms with Crippen molar-refractivity contribution in [3.05, 3.63) is 26.5 Å². The molecule has 0 bridgehead atoms. The molecule has 0 unspecified atom stereocenters. The highest BCUT2D eigenvalue weighted by atomic mass is 79.9. The van der Waals surface area contributed by atoms with Crippen LogP contribution in [-0.4, -0.2) is 11.5 Å². The lowest BCUT2D eigenvalue weighted by Gasteiger charge is -1.94. The van der Waals surface area contributed by atoms with E-state index in [-0.39, 0.29) is 0 Å². The summed E-state index contributed by atoms with van der Waals surface area (Å²) in [6.07, 6.45) is 2.09. The van der Waals surface area contributed by atoms with E-state index in [1.807, 2.05) is 0 Å². The molecule has 0 aliphatic rings. The molecular formula is C11H13BrN2S2. The Labute approximate surface area is 112 Å². The molecule has 0 spiro atoms. The summed E-state index contributed by atoms with van der Waals surface area (Å²) in [5, 5.41) is 1.13. The maximum Gasteiger partial charge on any atom is 0.133 e. The molecule has 0 amide bonds. The van der Waals surface area contributed by atoms with Crippen molar-refractivity contribution in [2.45, 2.75) is 19.8 Å². The summed E-state index contributed by atoms with van der Waals surface area (Å²) in [7, 11) is 0. The van der Waals surface area contributed by atoms with E-state index < -0.39 is 0 Å². The van der Waals surface area contributed by atoms with Gasteiger partial charge >= 0.3 is 0 Å². The number of hydrogen-bond donors (Lipinski definition) is 1. The van der Waals surface area contributed by atoms with Gasteiger partial charge in [-0.1, -0.05) is 0 Å². The minimum atomic E-state index is 0.747. The topological polar surface area (TPSA) is 38.9 Å². The predicted molar refractivity (Wildman–Crippen MR) is 75.2 cm³/mol. The van der Waals surface area contributed by atoms with Gasteiger partial charge < -0.3 is 5.73 Å². The molecule has 2 heterocycles. The first-order valence-corrected chi connectivity index (χ1v) is 7.55. The SMILES string of the molecule is Cc1nc(-c2ccc(Br)s2)sc1CCCN. The van der Waals surface area contributed by atoms with Gasteiger partial charge in [0.05, 0.1) is 14.4 Å². The van der Waals surface area contributed by atoms with Gasteiger partial charge in [0.15, 0.2) is 0 Å². The summed E-state index contributed by atoms with van der Waals surface area (Å²) < 4.78 is 1.15. The standard InChI is InChI=1S/C11H13BrN2S2/c1-7-8(3-2-6-13)16-11(14-7)9-4-5-10(12)15-9/h4-5H,2-3,6,13H2,1H3. The summed E-state index contributed by atoms with van der Waals surface area (Å²) in [6, 6.07) is 4.18. The maximum atomic E-state index is 5.53. The average Bonchev–Trinajstić information content (AvgIpc) is 2.82. The molecule has 2 aromatic heterocycles. The van der Waals surface area contributed by atoms with Crippen molar-refractivity contribution in [2.24, 2.45) is 5.73 Å². The predicted octanol–water partition coefficient (Wildman–Crippen LogP) is 3.83. The maximum absolute atomic E-state index is 5.53. The number of nitrogens with two attached hydrogens (primary N) is 1. The van der Waals surface area contributed by atoms with Crippen LogP contribution in [0.25, 0.3) is 9.88 Å². The zero-order valence-electron chi connectivity index (χ0n) is 9.00. The van der Waals surface area contributed by atoms with Gasteiger partial charge in [0.1, 0.15) is 5.01 Å². The Morgan fingerprint density at radius 2 is 2.19 bits per heavy atom. The van der Waals surface area contributed by atoms with Crippen LogP contribution in [0.3, 0.4) is 0 Å². The Bertz CT molecular complexity index is 476. The number of rotatable bonds is 4. The van der Waals surface area contributed by atoms with E-state index in [4.69, 9.17) is 5.73 Å². The van der Waals surface area contributed by atoms with Crippen LogP contribution in [0.4, 0.5) is 0 Å². The largest absolute Gasteiger partial charge is 0.330 e. The van der Waals surface area contributed by atoms with Gasteiger partial charge in [0.25, 0.3) is 0 Å². The number of halogens is 1. The number of nitrogens with zero attached hydrogens (tertiary/aromatic N) is 1. The molecule has 2 nitrogen and oxygen atoms in total. The summed E-state index contributed by atoms with van der Waals surface area (Å²) in [5.74, 6) is 0. The van der Waals surface area contributed by atoms with Crippen LogP contribution < -0.4 is 5.73 Å². The molecule has 0 aliphatic heterocycles. The van der Waals surface area contributed by atoms with Gasteiger partial charge in [-0.2, -0.15) is 0 Å². The summed E-state index contributed by atoms with van der Waals surface area (Å²) in [4.78, 5) is 7.22. The Hall–Kier alpha value is -0.230. The Morgan fingerprint density at radius 3 is 2.81 bits per heavy atom. The molecule has 2 aromatic rings. The Morgan fingerprint density at radius 1 is 1.38 bits per heavy atom. The molecule has 16 heavy (non-hydrogen) atoms. The lowest BCUT2D eigenvalue weighted by Crippen LogP contribution is -1.99. The fourth-order valence-electron chi connectivity index (χ4n) is 1.46. The Balaban J connectivity index is 2.23. The summed E-state index contributed by atoms with van der Waals surface area (Å²) in [5.41, 5.74) is 6.68. The van der Waals surface area contributed by atoms with E-state index in [1.54, 1.807) is 22.7 Å². The molecule has 86 valence electrons. The number of thiazole rings is 1. The molecule has 0 fully saturated rings. The van der Waals surface area contributed by atoms with E-state index in [9.17, 15) is 0 Å². The van der Waals surface area contributed by atoms with Gasteiger partial charge in [0.2, 0.25) is 0 Å². The van der Waals surface area contributed by atoms with Crippen LogP contribution in [0.1, 0.15) is 17.0 Å². The first-order chi connectivity index (χ1) is 7.70. The first kappa shape index (κ1) is 12.2. The van der Waals surface area contributed by atoms with Gasteiger partial charge in [-0.05, 0) is 54.4 Å². The first-order valence-electron chi connectivity index (χ1n) is 5.13. The van der Waals surface area contributed by atoms with Crippen molar-refractivity contribution in [1.82, 2.24) is 4.98 Å². The molecule has 0 aliphatic carbocycles.